The summed E-state index contributed by atoms with van der Waals surface area (Å²) >= 11 is 0. The number of para-hydroxylation sites is 1. The Morgan fingerprint density at radius 2 is 1.90 bits per heavy atom. The number of carbonyl (C=O) groups is 2. The van der Waals surface area contributed by atoms with E-state index in [0.29, 0.717) is 23.6 Å². The lowest BCUT2D eigenvalue weighted by molar-refractivity contribution is -0.115. The Bertz CT molecular complexity index is 491. The molecule has 2 rings (SSSR count). The first-order chi connectivity index (χ1) is 9.61. The molecule has 0 saturated carbocycles. The molecule has 1 aromatic rings. The highest BCUT2D eigenvalue weighted by molar-refractivity contribution is 6.03. The molecule has 1 saturated heterocycles. The van der Waals surface area contributed by atoms with Crippen LogP contribution in [0.3, 0.4) is 0 Å². The van der Waals surface area contributed by atoms with Crippen LogP contribution in [0, 0.1) is 5.92 Å². The van der Waals surface area contributed by atoms with E-state index < -0.39 is 0 Å². The molecule has 1 aliphatic rings. The van der Waals surface area contributed by atoms with Crippen molar-refractivity contribution in [3.8, 4) is 0 Å². The summed E-state index contributed by atoms with van der Waals surface area (Å²) in [4.78, 5) is 26.0. The van der Waals surface area contributed by atoms with Gasteiger partial charge in [0.25, 0.3) is 5.91 Å². The number of hydrogen-bond donors (Lipinski definition) is 1. The lowest BCUT2D eigenvalue weighted by Crippen LogP contribution is -2.38. The van der Waals surface area contributed by atoms with Crippen LogP contribution in [-0.4, -0.2) is 29.8 Å². The summed E-state index contributed by atoms with van der Waals surface area (Å²) in [5.74, 6) is 0.635. The lowest BCUT2D eigenvalue weighted by atomic mass is 9.98. The van der Waals surface area contributed by atoms with Gasteiger partial charge in [0.15, 0.2) is 0 Å². The number of benzene rings is 1. The number of amides is 2. The fourth-order valence-electron chi connectivity index (χ4n) is 2.40. The Morgan fingerprint density at radius 1 is 1.25 bits per heavy atom. The van der Waals surface area contributed by atoms with Gasteiger partial charge in [-0.3, -0.25) is 9.59 Å². The van der Waals surface area contributed by atoms with Crippen molar-refractivity contribution in [2.24, 2.45) is 5.92 Å². The van der Waals surface area contributed by atoms with Crippen molar-refractivity contribution < 1.29 is 9.59 Å². The van der Waals surface area contributed by atoms with E-state index in [2.05, 4.69) is 12.2 Å². The number of anilines is 1. The number of likely N-dealkylation sites (tertiary alicyclic amines) is 1. The van der Waals surface area contributed by atoms with E-state index in [1.165, 1.54) is 0 Å². The Kier molecular flexibility index (Phi) is 4.77. The molecule has 4 heteroatoms. The maximum absolute atomic E-state index is 12.6. The van der Waals surface area contributed by atoms with Gasteiger partial charge < -0.3 is 10.2 Å². The van der Waals surface area contributed by atoms with Crippen LogP contribution in [0.15, 0.2) is 24.3 Å². The molecule has 2 amide bonds. The smallest absolute Gasteiger partial charge is 0.255 e. The fraction of sp³-hybridized carbons (Fsp3) is 0.500. The van der Waals surface area contributed by atoms with Gasteiger partial charge in [0, 0.05) is 19.5 Å². The molecule has 0 radical (unpaired) electrons. The van der Waals surface area contributed by atoms with E-state index in [9.17, 15) is 9.59 Å². The molecule has 1 fully saturated rings. The Hall–Kier alpha value is -1.84. The third kappa shape index (κ3) is 3.38. The molecular formula is C16H22N2O2. The lowest BCUT2D eigenvalue weighted by Gasteiger charge is -2.30. The van der Waals surface area contributed by atoms with Crippen molar-refractivity contribution in [3.05, 3.63) is 29.8 Å². The molecule has 1 aromatic carbocycles. The van der Waals surface area contributed by atoms with Gasteiger partial charge in [0.05, 0.1) is 11.3 Å². The zero-order valence-electron chi connectivity index (χ0n) is 12.2. The molecule has 0 aliphatic carbocycles. The van der Waals surface area contributed by atoms with Gasteiger partial charge in [-0.1, -0.05) is 26.0 Å². The fourth-order valence-corrected chi connectivity index (χ4v) is 2.40. The largest absolute Gasteiger partial charge is 0.339 e. The minimum Gasteiger partial charge on any atom is -0.339 e. The highest BCUT2D eigenvalue weighted by Crippen LogP contribution is 2.22. The van der Waals surface area contributed by atoms with Crippen LogP contribution < -0.4 is 5.32 Å². The van der Waals surface area contributed by atoms with E-state index >= 15 is 0 Å². The van der Waals surface area contributed by atoms with Crippen molar-refractivity contribution in [2.45, 2.75) is 33.1 Å². The number of rotatable bonds is 3. The van der Waals surface area contributed by atoms with Crippen LogP contribution in [0.5, 0.6) is 0 Å². The van der Waals surface area contributed by atoms with Gasteiger partial charge in [0.1, 0.15) is 0 Å². The van der Waals surface area contributed by atoms with Crippen molar-refractivity contribution in [1.29, 1.82) is 0 Å². The van der Waals surface area contributed by atoms with Crippen molar-refractivity contribution >= 4 is 17.5 Å². The average molecular weight is 274 g/mol. The summed E-state index contributed by atoms with van der Waals surface area (Å²) in [5, 5.41) is 2.80. The number of nitrogens with zero attached hydrogens (tertiary/aromatic N) is 1. The number of nitrogens with one attached hydrogen (secondary N) is 1. The topological polar surface area (TPSA) is 49.4 Å². The minimum atomic E-state index is -0.0717. The molecule has 4 nitrogen and oxygen atoms in total. The summed E-state index contributed by atoms with van der Waals surface area (Å²) in [6, 6.07) is 7.24. The Labute approximate surface area is 120 Å². The van der Waals surface area contributed by atoms with Gasteiger partial charge in [-0.2, -0.15) is 0 Å². The van der Waals surface area contributed by atoms with Gasteiger partial charge in [-0.15, -0.1) is 0 Å². The number of carbonyl (C=O) groups excluding carboxylic acids is 2. The summed E-state index contributed by atoms with van der Waals surface area (Å²) < 4.78 is 0. The van der Waals surface area contributed by atoms with Crippen LogP contribution in [0.4, 0.5) is 5.69 Å². The maximum atomic E-state index is 12.6. The van der Waals surface area contributed by atoms with Crippen LogP contribution in [0.25, 0.3) is 0 Å². The molecule has 0 bridgehead atoms. The van der Waals surface area contributed by atoms with Gasteiger partial charge in [-0.25, -0.2) is 0 Å². The van der Waals surface area contributed by atoms with E-state index in [1.54, 1.807) is 19.1 Å². The molecule has 0 spiro atoms. The predicted molar refractivity (Wildman–Crippen MR) is 79.7 cm³/mol. The van der Waals surface area contributed by atoms with E-state index in [1.807, 2.05) is 17.0 Å². The summed E-state index contributed by atoms with van der Waals surface area (Å²) in [6.07, 6.45) is 2.51. The van der Waals surface area contributed by atoms with Crippen LogP contribution >= 0.6 is 0 Å². The zero-order valence-corrected chi connectivity index (χ0v) is 12.2. The second-order valence-electron chi connectivity index (χ2n) is 5.42. The monoisotopic (exact) mass is 274 g/mol. The quantitative estimate of drug-likeness (QED) is 0.921. The normalized spacial score (nSPS) is 16.0. The van der Waals surface area contributed by atoms with Gasteiger partial charge in [0.2, 0.25) is 5.91 Å². The van der Waals surface area contributed by atoms with Gasteiger partial charge in [-0.05, 0) is 30.9 Å². The van der Waals surface area contributed by atoms with Gasteiger partial charge >= 0.3 is 0 Å². The molecular weight excluding hydrogens is 252 g/mol. The maximum Gasteiger partial charge on any atom is 0.255 e. The highest BCUT2D eigenvalue weighted by atomic mass is 16.2. The Morgan fingerprint density at radius 3 is 2.55 bits per heavy atom. The van der Waals surface area contributed by atoms with Crippen molar-refractivity contribution in [2.75, 3.05) is 18.4 Å². The first-order valence-corrected chi connectivity index (χ1v) is 7.30. The SMILES string of the molecule is CCC(=O)Nc1ccccc1C(=O)N1CCC(C)CC1. The molecule has 1 aliphatic heterocycles. The first-order valence-electron chi connectivity index (χ1n) is 7.30. The summed E-state index contributed by atoms with van der Waals surface area (Å²) in [6.45, 7) is 5.62. The van der Waals surface area contributed by atoms with Crippen LogP contribution in [0.2, 0.25) is 0 Å². The van der Waals surface area contributed by atoms with Crippen molar-refractivity contribution in [1.82, 2.24) is 4.90 Å². The first kappa shape index (κ1) is 14.6. The standard InChI is InChI=1S/C16H22N2O2/c1-3-15(19)17-14-7-5-4-6-13(14)16(20)18-10-8-12(2)9-11-18/h4-7,12H,3,8-11H2,1-2H3,(H,17,19). The zero-order chi connectivity index (χ0) is 14.5. The highest BCUT2D eigenvalue weighted by Gasteiger charge is 2.23. The second kappa shape index (κ2) is 6.55. The van der Waals surface area contributed by atoms with E-state index in [0.717, 1.165) is 25.9 Å². The predicted octanol–water partition coefficient (Wildman–Crippen LogP) is 2.91. The second-order valence-corrected chi connectivity index (χ2v) is 5.42. The summed E-state index contributed by atoms with van der Waals surface area (Å²) in [7, 11) is 0. The molecule has 20 heavy (non-hydrogen) atoms. The molecule has 0 atom stereocenters. The molecule has 1 N–H and O–H groups in total. The van der Waals surface area contributed by atoms with Crippen LogP contribution in [-0.2, 0) is 4.79 Å². The molecule has 1 heterocycles. The van der Waals surface area contributed by atoms with Crippen LogP contribution in [0.1, 0.15) is 43.5 Å². The Balaban J connectivity index is 2.15. The third-order valence-electron chi connectivity index (χ3n) is 3.82. The third-order valence-corrected chi connectivity index (χ3v) is 3.82. The average Bonchev–Trinajstić information content (AvgIpc) is 2.48. The molecule has 0 aromatic heterocycles. The summed E-state index contributed by atoms with van der Waals surface area (Å²) in [5.41, 5.74) is 1.20. The minimum absolute atomic E-state index is 0.0175. The number of piperidine rings is 1. The molecule has 108 valence electrons. The van der Waals surface area contributed by atoms with Crippen molar-refractivity contribution in [3.63, 3.8) is 0 Å². The van der Waals surface area contributed by atoms with E-state index in [4.69, 9.17) is 0 Å². The van der Waals surface area contributed by atoms with E-state index in [-0.39, 0.29) is 11.8 Å². The number of hydrogen-bond acceptors (Lipinski definition) is 2. The molecule has 0 unspecified atom stereocenters.